The van der Waals surface area contributed by atoms with Gasteiger partial charge in [-0.15, -0.1) is 0 Å². The molecule has 0 spiro atoms. The van der Waals surface area contributed by atoms with Gasteiger partial charge in [0.15, 0.2) is 5.82 Å². The summed E-state index contributed by atoms with van der Waals surface area (Å²) in [5.74, 6) is 0.839. The molecule has 0 radical (unpaired) electrons. The molecule has 2 unspecified atom stereocenters. The van der Waals surface area contributed by atoms with Gasteiger partial charge in [-0.05, 0) is 58.3 Å². The first-order valence-corrected chi connectivity index (χ1v) is 13.5. The summed E-state index contributed by atoms with van der Waals surface area (Å²) in [5.41, 5.74) is 0. The zero-order valence-electron chi connectivity index (χ0n) is 21.2. The minimum atomic E-state index is -1.06. The van der Waals surface area contributed by atoms with Crippen molar-refractivity contribution < 1.29 is 18.1 Å². The first kappa shape index (κ1) is 24.9. The van der Waals surface area contributed by atoms with Crippen LogP contribution in [-0.4, -0.2) is 94.1 Å². The predicted octanol–water partition coefficient (Wildman–Crippen LogP) is 3.66. The zero-order valence-corrected chi connectivity index (χ0v) is 21.2. The number of rotatable bonds is 5. The van der Waals surface area contributed by atoms with Gasteiger partial charge in [-0.25, -0.2) is 13.6 Å². The summed E-state index contributed by atoms with van der Waals surface area (Å²) in [7, 11) is 0. The molecule has 3 heterocycles. The molecule has 4 fully saturated rings. The number of hydrogen-bond acceptors (Lipinski definition) is 6. The topological polar surface area (TPSA) is 77.7 Å². The lowest BCUT2D eigenvalue weighted by atomic mass is 9.87. The van der Waals surface area contributed by atoms with Gasteiger partial charge >= 0.3 is 6.03 Å². The highest BCUT2D eigenvalue weighted by atomic mass is 19.1. The van der Waals surface area contributed by atoms with E-state index in [-0.39, 0.29) is 24.0 Å². The average Bonchev–Trinajstić information content (AvgIpc) is 3.37. The molecule has 2 saturated carbocycles. The summed E-state index contributed by atoms with van der Waals surface area (Å²) in [6, 6.07) is -0.618. The minimum Gasteiger partial charge on any atom is -0.339 e. The van der Waals surface area contributed by atoms with Gasteiger partial charge in [0.25, 0.3) is 0 Å². The second-order valence-electron chi connectivity index (χ2n) is 11.3. The van der Waals surface area contributed by atoms with Gasteiger partial charge in [0.1, 0.15) is 12.3 Å². The largest absolute Gasteiger partial charge is 0.339 e. The first-order valence-electron chi connectivity index (χ1n) is 13.5. The van der Waals surface area contributed by atoms with Crippen LogP contribution in [0.1, 0.15) is 83.0 Å². The van der Waals surface area contributed by atoms with Crippen molar-refractivity contribution in [2.45, 2.75) is 102 Å². The highest BCUT2D eigenvalue weighted by Gasteiger charge is 2.45. The van der Waals surface area contributed by atoms with Crippen LogP contribution in [0.4, 0.5) is 13.6 Å². The van der Waals surface area contributed by atoms with E-state index in [9.17, 15) is 9.18 Å². The highest BCUT2D eigenvalue weighted by molar-refractivity contribution is 5.75. The van der Waals surface area contributed by atoms with Crippen LogP contribution in [0.25, 0.3) is 0 Å². The molecule has 1 aromatic heterocycles. The third-order valence-electron chi connectivity index (χ3n) is 8.53. The van der Waals surface area contributed by atoms with Crippen molar-refractivity contribution in [2.24, 2.45) is 5.92 Å². The third kappa shape index (κ3) is 5.33. The Morgan fingerprint density at radius 2 is 1.80 bits per heavy atom. The number of amides is 2. The van der Waals surface area contributed by atoms with E-state index in [0.29, 0.717) is 49.5 Å². The molecule has 5 rings (SSSR count). The van der Waals surface area contributed by atoms with Crippen molar-refractivity contribution >= 4 is 6.03 Å². The van der Waals surface area contributed by atoms with Crippen molar-refractivity contribution in [1.82, 2.24) is 30.2 Å². The first-order chi connectivity index (χ1) is 16.8. The number of piperidine rings is 1. The van der Waals surface area contributed by atoms with Crippen LogP contribution in [-0.2, 0) is 0 Å². The number of carbonyl (C=O) groups is 1. The summed E-state index contributed by atoms with van der Waals surface area (Å²) >= 11 is 0. The van der Waals surface area contributed by atoms with Crippen molar-refractivity contribution in [1.29, 1.82) is 0 Å². The number of carbonyl (C=O) groups excluding carboxylic acids is 1. The summed E-state index contributed by atoms with van der Waals surface area (Å²) in [4.78, 5) is 24.6. The van der Waals surface area contributed by atoms with Crippen LogP contribution in [0.5, 0.6) is 0 Å². The molecular weight excluding hydrogens is 454 g/mol. The van der Waals surface area contributed by atoms with Gasteiger partial charge in [0, 0.05) is 44.8 Å². The number of urea groups is 1. The fourth-order valence-corrected chi connectivity index (χ4v) is 6.11. The van der Waals surface area contributed by atoms with Crippen LogP contribution in [0.2, 0.25) is 0 Å². The van der Waals surface area contributed by atoms with Crippen molar-refractivity contribution in [2.75, 3.05) is 32.7 Å². The van der Waals surface area contributed by atoms with Crippen molar-refractivity contribution in [3.8, 4) is 0 Å². The summed E-state index contributed by atoms with van der Waals surface area (Å²) in [6.45, 7) is 10.9. The van der Waals surface area contributed by atoms with E-state index >= 15 is 4.39 Å². The predicted molar refractivity (Wildman–Crippen MR) is 128 cm³/mol. The maximum absolute atomic E-state index is 15.3. The average molecular weight is 495 g/mol. The van der Waals surface area contributed by atoms with Gasteiger partial charge in [-0.3, -0.25) is 9.80 Å². The smallest absolute Gasteiger partial charge is 0.318 e. The molecule has 7 atom stereocenters. The van der Waals surface area contributed by atoms with Gasteiger partial charge in [-0.1, -0.05) is 12.1 Å². The molecule has 1 N–H and O–H groups in total. The number of piperazine rings is 1. The van der Waals surface area contributed by atoms with Gasteiger partial charge in [0.2, 0.25) is 5.89 Å². The van der Waals surface area contributed by atoms with Gasteiger partial charge in [0.05, 0.1) is 18.0 Å². The Morgan fingerprint density at radius 3 is 2.49 bits per heavy atom. The lowest BCUT2D eigenvalue weighted by Gasteiger charge is -2.46. The Kier molecular flexibility index (Phi) is 7.30. The Balaban J connectivity index is 1.28. The molecule has 4 aliphatic rings. The van der Waals surface area contributed by atoms with E-state index in [2.05, 4.69) is 46.0 Å². The minimum absolute atomic E-state index is 0.00677. The highest BCUT2D eigenvalue weighted by Crippen LogP contribution is 2.43. The van der Waals surface area contributed by atoms with E-state index in [0.717, 1.165) is 45.4 Å². The number of nitrogens with one attached hydrogen (secondary N) is 1. The number of likely N-dealkylation sites (tertiary alicyclic amines) is 1. The number of hydrogen-bond donors (Lipinski definition) is 1. The molecule has 0 bridgehead atoms. The molecular formula is C25H40F2N6O2. The van der Waals surface area contributed by atoms with E-state index in [1.165, 1.54) is 0 Å². The molecule has 2 aliphatic carbocycles. The number of halogens is 2. The van der Waals surface area contributed by atoms with Crippen LogP contribution < -0.4 is 5.32 Å². The molecule has 35 heavy (non-hydrogen) atoms. The normalized spacial score (nSPS) is 37.0. The van der Waals surface area contributed by atoms with E-state index < -0.39 is 18.4 Å². The molecule has 10 heteroatoms. The maximum Gasteiger partial charge on any atom is 0.318 e. The third-order valence-corrected chi connectivity index (χ3v) is 8.53. The second-order valence-corrected chi connectivity index (χ2v) is 11.3. The Labute approximate surface area is 206 Å². The van der Waals surface area contributed by atoms with Crippen molar-refractivity contribution in [3.63, 3.8) is 0 Å². The Hall–Kier alpha value is -1.81. The second kappa shape index (κ2) is 10.3. The van der Waals surface area contributed by atoms with E-state index in [1.807, 2.05) is 0 Å². The van der Waals surface area contributed by atoms with Gasteiger partial charge in [-0.2, -0.15) is 4.98 Å². The fraction of sp³-hybridized carbons (Fsp3) is 0.880. The van der Waals surface area contributed by atoms with Crippen LogP contribution in [0, 0.1) is 5.92 Å². The molecule has 8 nitrogen and oxygen atoms in total. The lowest BCUT2D eigenvalue weighted by molar-refractivity contribution is 0.0251. The maximum atomic E-state index is 15.3. The number of aromatic nitrogens is 2. The van der Waals surface area contributed by atoms with Crippen LogP contribution in [0.3, 0.4) is 0 Å². The SMILES string of the molecule is CC1CCN(C(=O)N[C@@H]2[C@H](F)CCC[C@H]2N2CCN(C(C)C)CC2)C(c2noc([C@@H]3C[C@@H]3F)n2)C1. The monoisotopic (exact) mass is 494 g/mol. The summed E-state index contributed by atoms with van der Waals surface area (Å²) in [6.07, 6.45) is 2.24. The molecule has 2 amide bonds. The number of alkyl halides is 2. The summed E-state index contributed by atoms with van der Waals surface area (Å²) in [5, 5.41) is 7.21. The molecule has 2 saturated heterocycles. The Bertz CT molecular complexity index is 876. The van der Waals surface area contributed by atoms with E-state index in [1.54, 1.807) is 4.90 Å². The van der Waals surface area contributed by atoms with Crippen LogP contribution in [0.15, 0.2) is 4.52 Å². The van der Waals surface area contributed by atoms with E-state index in [4.69, 9.17) is 4.52 Å². The number of nitrogens with zero attached hydrogens (tertiary/aromatic N) is 5. The molecule has 2 aliphatic heterocycles. The van der Waals surface area contributed by atoms with Crippen LogP contribution >= 0.6 is 0 Å². The standard InChI is InChI=1S/C25H40F2N6O2/c1-15(2)31-9-11-32(12-10-31)20-6-4-5-18(26)22(20)28-25(34)33-8-7-16(3)13-21(33)23-29-24(35-30-23)17-14-19(17)27/h15-22H,4-14H2,1-3H3,(H,28,34)/t16?,17-,18-,19+,20-,21?,22-/m1/s1. The molecule has 0 aromatic carbocycles. The van der Waals surface area contributed by atoms with Gasteiger partial charge < -0.3 is 14.7 Å². The Morgan fingerprint density at radius 1 is 1.06 bits per heavy atom. The summed E-state index contributed by atoms with van der Waals surface area (Å²) < 4.78 is 34.1. The molecule has 1 aromatic rings. The quantitative estimate of drug-likeness (QED) is 0.673. The fourth-order valence-electron chi connectivity index (χ4n) is 6.11. The van der Waals surface area contributed by atoms with Crippen molar-refractivity contribution in [3.05, 3.63) is 11.7 Å². The lowest BCUT2D eigenvalue weighted by Crippen LogP contribution is -2.63. The zero-order chi connectivity index (χ0) is 24.7. The molecule has 196 valence electrons.